The van der Waals surface area contributed by atoms with Gasteiger partial charge < -0.3 is 10.8 Å². The van der Waals surface area contributed by atoms with Gasteiger partial charge in [0.2, 0.25) is 0 Å². The topological polar surface area (TPSA) is 80.4 Å². The molecule has 0 amide bonds. The summed E-state index contributed by atoms with van der Waals surface area (Å²) < 4.78 is 0. The van der Waals surface area contributed by atoms with Gasteiger partial charge in [-0.2, -0.15) is 0 Å². The van der Waals surface area contributed by atoms with Gasteiger partial charge in [-0.1, -0.05) is 13.3 Å². The van der Waals surface area contributed by atoms with E-state index in [0.717, 1.165) is 6.42 Å². The normalized spacial score (nSPS) is 12.5. The fourth-order valence-electron chi connectivity index (χ4n) is 1.02. The molecular formula is C8H15NO3. The van der Waals surface area contributed by atoms with E-state index in [0.29, 0.717) is 6.42 Å². The molecule has 0 saturated heterocycles. The van der Waals surface area contributed by atoms with Gasteiger partial charge in [-0.3, -0.25) is 9.59 Å². The Balaban J connectivity index is 3.95. The average molecular weight is 173 g/mol. The van der Waals surface area contributed by atoms with Crippen LogP contribution >= 0.6 is 0 Å². The number of Topliss-reactive ketones (excluding diaryl/α,β-unsaturated/α-hetero) is 1. The van der Waals surface area contributed by atoms with Crippen molar-refractivity contribution >= 4 is 11.8 Å². The zero-order valence-corrected chi connectivity index (χ0v) is 7.25. The lowest BCUT2D eigenvalue weighted by atomic mass is 9.98. The lowest BCUT2D eigenvalue weighted by molar-refractivity contribution is -0.143. The molecule has 0 aromatic carbocycles. The predicted molar refractivity (Wildman–Crippen MR) is 44.7 cm³/mol. The van der Waals surface area contributed by atoms with Crippen LogP contribution in [0.25, 0.3) is 0 Å². The molecule has 0 aliphatic heterocycles. The first-order valence-electron chi connectivity index (χ1n) is 4.06. The summed E-state index contributed by atoms with van der Waals surface area (Å²) in [4.78, 5) is 21.4. The van der Waals surface area contributed by atoms with Crippen LogP contribution in [-0.2, 0) is 9.59 Å². The first-order valence-corrected chi connectivity index (χ1v) is 4.06. The van der Waals surface area contributed by atoms with Crippen molar-refractivity contribution in [2.75, 3.05) is 6.54 Å². The molecule has 0 aliphatic carbocycles. The van der Waals surface area contributed by atoms with Gasteiger partial charge in [-0.05, 0) is 6.42 Å². The van der Waals surface area contributed by atoms with Gasteiger partial charge in [-0.25, -0.2) is 0 Å². The van der Waals surface area contributed by atoms with Gasteiger partial charge in [0.25, 0.3) is 0 Å². The highest BCUT2D eigenvalue weighted by Crippen LogP contribution is 2.11. The maximum absolute atomic E-state index is 10.8. The van der Waals surface area contributed by atoms with Crippen LogP contribution in [0.2, 0.25) is 0 Å². The first kappa shape index (κ1) is 11.1. The van der Waals surface area contributed by atoms with Crippen LogP contribution in [-0.4, -0.2) is 23.4 Å². The van der Waals surface area contributed by atoms with Gasteiger partial charge in [0.15, 0.2) is 0 Å². The van der Waals surface area contributed by atoms with Gasteiger partial charge in [0, 0.05) is 6.42 Å². The van der Waals surface area contributed by atoms with Crippen molar-refractivity contribution in [3.63, 3.8) is 0 Å². The van der Waals surface area contributed by atoms with Crippen LogP contribution in [0.5, 0.6) is 0 Å². The van der Waals surface area contributed by atoms with E-state index < -0.39 is 11.9 Å². The Bertz CT molecular complexity index is 166. The van der Waals surface area contributed by atoms with Crippen LogP contribution in [0.1, 0.15) is 26.2 Å². The minimum Gasteiger partial charge on any atom is -0.481 e. The van der Waals surface area contributed by atoms with Crippen molar-refractivity contribution in [3.05, 3.63) is 0 Å². The molecule has 0 spiro atoms. The number of carboxylic acid groups (broad SMARTS) is 1. The summed E-state index contributed by atoms with van der Waals surface area (Å²) in [6.07, 6.45) is 1.38. The number of hydrogen-bond donors (Lipinski definition) is 2. The van der Waals surface area contributed by atoms with Gasteiger partial charge >= 0.3 is 5.97 Å². The second-order valence-corrected chi connectivity index (χ2v) is 2.77. The largest absolute Gasteiger partial charge is 0.481 e. The molecule has 0 saturated carbocycles. The molecule has 12 heavy (non-hydrogen) atoms. The molecule has 0 aliphatic rings. The summed E-state index contributed by atoms with van der Waals surface area (Å²) in [6.45, 7) is 1.83. The quantitative estimate of drug-likeness (QED) is 0.609. The number of hydrogen-bond acceptors (Lipinski definition) is 3. The van der Waals surface area contributed by atoms with E-state index in [-0.39, 0.29) is 18.7 Å². The molecule has 4 heteroatoms. The Morgan fingerprint density at radius 1 is 1.50 bits per heavy atom. The minimum atomic E-state index is -0.904. The number of nitrogens with two attached hydrogens (primary N) is 1. The predicted octanol–water partition coefficient (Wildman–Crippen LogP) is 0.405. The lowest BCUT2D eigenvalue weighted by Crippen LogP contribution is -2.22. The zero-order chi connectivity index (χ0) is 9.56. The van der Waals surface area contributed by atoms with Gasteiger partial charge in [0.1, 0.15) is 5.78 Å². The van der Waals surface area contributed by atoms with E-state index in [9.17, 15) is 9.59 Å². The Labute approximate surface area is 71.8 Å². The molecule has 3 N–H and O–H groups in total. The standard InChI is InChI=1S/C8H15NO3/c1-2-3-6(8(11)12)4-7(10)5-9/h6H,2-5,9H2,1H3,(H,11,12). The molecule has 1 atom stereocenters. The van der Waals surface area contributed by atoms with E-state index in [1.165, 1.54) is 0 Å². The fourth-order valence-corrected chi connectivity index (χ4v) is 1.02. The molecule has 0 rings (SSSR count). The average Bonchev–Trinajstić information content (AvgIpc) is 2.03. The van der Waals surface area contributed by atoms with E-state index >= 15 is 0 Å². The number of rotatable bonds is 6. The van der Waals surface area contributed by atoms with E-state index in [2.05, 4.69) is 0 Å². The van der Waals surface area contributed by atoms with Crippen LogP contribution in [0.15, 0.2) is 0 Å². The summed E-state index contributed by atoms with van der Waals surface area (Å²) in [5.41, 5.74) is 5.07. The summed E-state index contributed by atoms with van der Waals surface area (Å²) in [7, 11) is 0. The molecule has 0 aromatic heterocycles. The molecular weight excluding hydrogens is 158 g/mol. The minimum absolute atomic E-state index is 0.0620. The van der Waals surface area contributed by atoms with Crippen molar-refractivity contribution in [3.8, 4) is 0 Å². The lowest BCUT2D eigenvalue weighted by Gasteiger charge is -2.08. The number of aliphatic carboxylic acids is 1. The molecule has 0 fully saturated rings. The van der Waals surface area contributed by atoms with Crippen LogP contribution < -0.4 is 5.73 Å². The second kappa shape index (κ2) is 5.71. The monoisotopic (exact) mass is 173 g/mol. The SMILES string of the molecule is CCCC(CC(=O)CN)C(=O)O. The highest BCUT2D eigenvalue weighted by molar-refractivity contribution is 5.84. The number of ketones is 1. The molecule has 1 unspecified atom stereocenters. The number of carbonyl (C=O) groups is 2. The summed E-state index contributed by atoms with van der Waals surface area (Å²) in [5.74, 6) is -1.64. The van der Waals surface area contributed by atoms with Crippen molar-refractivity contribution < 1.29 is 14.7 Å². The van der Waals surface area contributed by atoms with Gasteiger partial charge in [0.05, 0.1) is 12.5 Å². The van der Waals surface area contributed by atoms with E-state index in [1.54, 1.807) is 0 Å². The summed E-state index contributed by atoms with van der Waals surface area (Å²) in [6, 6.07) is 0. The van der Waals surface area contributed by atoms with E-state index in [1.807, 2.05) is 6.92 Å². The van der Waals surface area contributed by atoms with Crippen molar-refractivity contribution in [2.24, 2.45) is 11.7 Å². The summed E-state index contributed by atoms with van der Waals surface area (Å²) in [5, 5.41) is 8.66. The molecule has 4 nitrogen and oxygen atoms in total. The van der Waals surface area contributed by atoms with Crippen LogP contribution in [0, 0.1) is 5.92 Å². The Kier molecular flexibility index (Phi) is 5.28. The third-order valence-corrected chi connectivity index (χ3v) is 1.69. The second-order valence-electron chi connectivity index (χ2n) is 2.77. The molecule has 0 radical (unpaired) electrons. The summed E-state index contributed by atoms with van der Waals surface area (Å²) >= 11 is 0. The third-order valence-electron chi connectivity index (χ3n) is 1.69. The fraction of sp³-hybridized carbons (Fsp3) is 0.750. The Hall–Kier alpha value is -0.900. The highest BCUT2D eigenvalue weighted by atomic mass is 16.4. The molecule has 70 valence electrons. The molecule has 0 aromatic rings. The maximum atomic E-state index is 10.8. The molecule has 0 bridgehead atoms. The van der Waals surface area contributed by atoms with Crippen LogP contribution in [0.3, 0.4) is 0 Å². The Morgan fingerprint density at radius 3 is 2.42 bits per heavy atom. The first-order chi connectivity index (χ1) is 5.61. The highest BCUT2D eigenvalue weighted by Gasteiger charge is 2.18. The van der Waals surface area contributed by atoms with Crippen molar-refractivity contribution in [1.29, 1.82) is 0 Å². The van der Waals surface area contributed by atoms with Crippen molar-refractivity contribution in [2.45, 2.75) is 26.2 Å². The molecule has 0 heterocycles. The third kappa shape index (κ3) is 4.08. The van der Waals surface area contributed by atoms with Crippen LogP contribution in [0.4, 0.5) is 0 Å². The maximum Gasteiger partial charge on any atom is 0.306 e. The van der Waals surface area contributed by atoms with E-state index in [4.69, 9.17) is 10.8 Å². The van der Waals surface area contributed by atoms with Crippen molar-refractivity contribution in [1.82, 2.24) is 0 Å². The number of carboxylic acids is 1. The van der Waals surface area contributed by atoms with Gasteiger partial charge in [-0.15, -0.1) is 0 Å². The zero-order valence-electron chi connectivity index (χ0n) is 7.25. The Morgan fingerprint density at radius 2 is 2.08 bits per heavy atom. The number of carbonyl (C=O) groups excluding carboxylic acids is 1. The smallest absolute Gasteiger partial charge is 0.306 e.